The first-order chi connectivity index (χ1) is 12.3. The van der Waals surface area contributed by atoms with Crippen molar-refractivity contribution in [3.8, 4) is 5.75 Å². The number of hydrogen-bond donors (Lipinski definition) is 2. The topological polar surface area (TPSA) is 111 Å². The van der Waals surface area contributed by atoms with Gasteiger partial charge >= 0.3 is 5.97 Å². The van der Waals surface area contributed by atoms with E-state index < -0.39 is 28.0 Å². The molecule has 2 N–H and O–H groups in total. The van der Waals surface area contributed by atoms with E-state index in [1.807, 2.05) is 6.92 Å². The maximum absolute atomic E-state index is 12.5. The minimum atomic E-state index is -3.81. The summed E-state index contributed by atoms with van der Waals surface area (Å²) in [4.78, 5) is 24.0. The summed E-state index contributed by atoms with van der Waals surface area (Å²) in [5.41, 5.74) is 0.0251. The van der Waals surface area contributed by atoms with Gasteiger partial charge < -0.3 is 14.8 Å². The van der Waals surface area contributed by atoms with Gasteiger partial charge in [-0.15, -0.1) is 0 Å². The highest BCUT2D eigenvalue weighted by Gasteiger charge is 2.30. The molecule has 0 heterocycles. The number of carbonyl (C=O) groups excluding carboxylic acids is 2. The van der Waals surface area contributed by atoms with E-state index in [9.17, 15) is 18.0 Å². The second-order valence-electron chi connectivity index (χ2n) is 6.10. The molecule has 1 aliphatic rings. The lowest BCUT2D eigenvalue weighted by molar-refractivity contribution is -0.129. The van der Waals surface area contributed by atoms with Gasteiger partial charge in [-0.05, 0) is 44.4 Å². The summed E-state index contributed by atoms with van der Waals surface area (Å²) >= 11 is 0. The Labute approximate surface area is 153 Å². The SMILES string of the molecule is CCCNC(=O)[C@H](C)OC(=O)c1ccc(OC)c(S(=O)(=O)NC2CC2)c1. The van der Waals surface area contributed by atoms with E-state index in [2.05, 4.69) is 10.0 Å². The molecule has 1 fully saturated rings. The average molecular weight is 384 g/mol. The average Bonchev–Trinajstić information content (AvgIpc) is 3.42. The largest absolute Gasteiger partial charge is 0.495 e. The molecule has 0 unspecified atom stereocenters. The number of rotatable bonds is 9. The van der Waals surface area contributed by atoms with Crippen molar-refractivity contribution in [1.29, 1.82) is 0 Å². The highest BCUT2D eigenvalue weighted by Crippen LogP contribution is 2.28. The molecule has 8 nitrogen and oxygen atoms in total. The highest BCUT2D eigenvalue weighted by molar-refractivity contribution is 7.89. The van der Waals surface area contributed by atoms with Crippen LogP contribution in [0.4, 0.5) is 0 Å². The highest BCUT2D eigenvalue weighted by atomic mass is 32.2. The quantitative estimate of drug-likeness (QED) is 0.619. The van der Waals surface area contributed by atoms with Gasteiger partial charge in [0, 0.05) is 12.6 Å². The van der Waals surface area contributed by atoms with Gasteiger partial charge in [-0.3, -0.25) is 4.79 Å². The molecule has 1 amide bonds. The summed E-state index contributed by atoms with van der Waals surface area (Å²) < 4.78 is 37.7. The number of carbonyl (C=O) groups is 2. The molecule has 1 aliphatic carbocycles. The van der Waals surface area contributed by atoms with Gasteiger partial charge in [0.2, 0.25) is 10.0 Å². The Morgan fingerprint density at radius 3 is 2.58 bits per heavy atom. The third kappa shape index (κ3) is 5.18. The van der Waals surface area contributed by atoms with E-state index in [-0.39, 0.29) is 22.3 Å². The maximum Gasteiger partial charge on any atom is 0.338 e. The molecule has 0 aliphatic heterocycles. The Kier molecular flexibility index (Phi) is 6.60. The van der Waals surface area contributed by atoms with Crippen LogP contribution < -0.4 is 14.8 Å². The first kappa shape index (κ1) is 20.2. The number of amides is 1. The van der Waals surface area contributed by atoms with Crippen LogP contribution in [0.3, 0.4) is 0 Å². The molecule has 0 spiro atoms. The van der Waals surface area contributed by atoms with Crippen molar-refractivity contribution in [2.45, 2.75) is 50.2 Å². The minimum absolute atomic E-state index is 0.0251. The van der Waals surface area contributed by atoms with Crippen LogP contribution >= 0.6 is 0 Å². The summed E-state index contributed by atoms with van der Waals surface area (Å²) in [5.74, 6) is -1.06. The van der Waals surface area contributed by atoms with E-state index in [1.54, 1.807) is 0 Å². The van der Waals surface area contributed by atoms with Gasteiger partial charge in [0.05, 0.1) is 12.7 Å². The molecule has 2 rings (SSSR count). The number of esters is 1. The third-order valence-corrected chi connectivity index (χ3v) is 5.33. The molecular weight excluding hydrogens is 360 g/mol. The zero-order valence-electron chi connectivity index (χ0n) is 15.1. The maximum atomic E-state index is 12.5. The first-order valence-corrected chi connectivity index (χ1v) is 9.96. The predicted molar refractivity (Wildman–Crippen MR) is 94.5 cm³/mol. The van der Waals surface area contributed by atoms with Crippen LogP contribution in [0.5, 0.6) is 5.75 Å². The van der Waals surface area contributed by atoms with Gasteiger partial charge in [-0.1, -0.05) is 6.92 Å². The van der Waals surface area contributed by atoms with Crippen molar-refractivity contribution < 1.29 is 27.5 Å². The molecule has 0 radical (unpaired) electrons. The van der Waals surface area contributed by atoms with Crippen molar-refractivity contribution in [1.82, 2.24) is 10.0 Å². The fourth-order valence-corrected chi connectivity index (χ4v) is 3.67. The van der Waals surface area contributed by atoms with Crippen molar-refractivity contribution in [2.75, 3.05) is 13.7 Å². The Bertz CT molecular complexity index is 773. The zero-order chi connectivity index (χ0) is 19.3. The van der Waals surface area contributed by atoms with Crippen LogP contribution in [0.2, 0.25) is 0 Å². The van der Waals surface area contributed by atoms with Crippen LogP contribution in [-0.4, -0.2) is 46.1 Å². The number of methoxy groups -OCH3 is 1. The van der Waals surface area contributed by atoms with Gasteiger partial charge in [-0.25, -0.2) is 17.9 Å². The second-order valence-corrected chi connectivity index (χ2v) is 7.78. The molecule has 1 atom stereocenters. The Hall–Kier alpha value is -2.13. The Balaban J connectivity index is 2.17. The van der Waals surface area contributed by atoms with Crippen molar-refractivity contribution in [3.05, 3.63) is 23.8 Å². The lowest BCUT2D eigenvalue weighted by Gasteiger charge is -2.15. The number of nitrogens with one attached hydrogen (secondary N) is 2. The van der Waals surface area contributed by atoms with E-state index in [4.69, 9.17) is 9.47 Å². The molecule has 144 valence electrons. The smallest absolute Gasteiger partial charge is 0.338 e. The number of ether oxygens (including phenoxy) is 2. The molecule has 9 heteroatoms. The van der Waals surface area contributed by atoms with Crippen LogP contribution in [0.1, 0.15) is 43.5 Å². The summed E-state index contributed by atoms with van der Waals surface area (Å²) in [7, 11) is -2.46. The number of benzene rings is 1. The lowest BCUT2D eigenvalue weighted by atomic mass is 10.2. The lowest BCUT2D eigenvalue weighted by Crippen LogP contribution is -2.36. The van der Waals surface area contributed by atoms with E-state index in [1.165, 1.54) is 32.2 Å². The first-order valence-electron chi connectivity index (χ1n) is 8.47. The van der Waals surface area contributed by atoms with Gasteiger partial charge in [0.15, 0.2) is 6.10 Å². The number of hydrogen-bond acceptors (Lipinski definition) is 6. The van der Waals surface area contributed by atoms with Crippen LogP contribution in [0, 0.1) is 0 Å². The normalized spacial score (nSPS) is 15.2. The standard InChI is InChI=1S/C17H24N2O6S/c1-4-9-18-16(20)11(2)25-17(21)12-5-8-14(24-3)15(10-12)26(22,23)19-13-6-7-13/h5,8,10-11,13,19H,4,6-7,9H2,1-3H3,(H,18,20)/t11-/m0/s1. The summed E-state index contributed by atoms with van der Waals surface area (Å²) in [6.07, 6.45) is 1.35. The fourth-order valence-electron chi connectivity index (χ4n) is 2.17. The molecule has 0 aromatic heterocycles. The minimum Gasteiger partial charge on any atom is -0.495 e. The van der Waals surface area contributed by atoms with Gasteiger partial charge in [0.1, 0.15) is 10.6 Å². The van der Waals surface area contributed by atoms with Gasteiger partial charge in [-0.2, -0.15) is 0 Å². The van der Waals surface area contributed by atoms with Crippen molar-refractivity contribution in [2.24, 2.45) is 0 Å². The molecule has 1 aromatic rings. The summed E-state index contributed by atoms with van der Waals surface area (Å²) in [5, 5.41) is 2.63. The van der Waals surface area contributed by atoms with Crippen LogP contribution in [0.25, 0.3) is 0 Å². The van der Waals surface area contributed by atoms with Crippen molar-refractivity contribution in [3.63, 3.8) is 0 Å². The summed E-state index contributed by atoms with van der Waals surface area (Å²) in [6.45, 7) is 3.85. The summed E-state index contributed by atoms with van der Waals surface area (Å²) in [6, 6.07) is 3.90. The van der Waals surface area contributed by atoms with E-state index >= 15 is 0 Å². The third-order valence-electron chi connectivity index (χ3n) is 3.79. The molecule has 26 heavy (non-hydrogen) atoms. The fraction of sp³-hybridized carbons (Fsp3) is 0.529. The van der Waals surface area contributed by atoms with Crippen LogP contribution in [-0.2, 0) is 19.6 Å². The number of sulfonamides is 1. The Morgan fingerprint density at radius 2 is 2.00 bits per heavy atom. The Morgan fingerprint density at radius 1 is 1.31 bits per heavy atom. The molecular formula is C17H24N2O6S. The molecule has 1 aromatic carbocycles. The molecule has 1 saturated carbocycles. The van der Waals surface area contributed by atoms with E-state index in [0.29, 0.717) is 6.54 Å². The second kappa shape index (κ2) is 8.50. The van der Waals surface area contributed by atoms with Crippen molar-refractivity contribution >= 4 is 21.9 Å². The monoisotopic (exact) mass is 384 g/mol. The molecule has 0 bridgehead atoms. The van der Waals surface area contributed by atoms with E-state index in [0.717, 1.165) is 19.3 Å². The predicted octanol–water partition coefficient (Wildman–Crippen LogP) is 1.21. The van der Waals surface area contributed by atoms with Gasteiger partial charge in [0.25, 0.3) is 5.91 Å². The zero-order valence-corrected chi connectivity index (χ0v) is 15.9. The molecule has 0 saturated heterocycles. The van der Waals surface area contributed by atoms with Crippen LogP contribution in [0.15, 0.2) is 23.1 Å².